The Morgan fingerprint density at radius 2 is 2.11 bits per heavy atom. The summed E-state index contributed by atoms with van der Waals surface area (Å²) in [6, 6.07) is 3.18. The van der Waals surface area contributed by atoms with Gasteiger partial charge in [0.2, 0.25) is 0 Å². The summed E-state index contributed by atoms with van der Waals surface area (Å²) < 4.78 is 14.7. The summed E-state index contributed by atoms with van der Waals surface area (Å²) in [6.45, 7) is 9.95. The Balaban J connectivity index is 1.87. The summed E-state index contributed by atoms with van der Waals surface area (Å²) in [5.41, 5.74) is 2.08. The van der Waals surface area contributed by atoms with Gasteiger partial charge in [-0.15, -0.1) is 0 Å². The van der Waals surface area contributed by atoms with E-state index < -0.39 is 0 Å². The van der Waals surface area contributed by atoms with Crippen molar-refractivity contribution >= 4 is 23.0 Å². The van der Waals surface area contributed by atoms with Crippen LogP contribution in [-0.4, -0.2) is 48.9 Å². The molecule has 1 aromatic rings. The highest BCUT2D eigenvalue weighted by Gasteiger charge is 2.19. The van der Waals surface area contributed by atoms with E-state index in [9.17, 15) is 4.39 Å². The summed E-state index contributed by atoms with van der Waals surface area (Å²) in [5, 5.41) is 3.79. The number of aryl methyl sites for hydroxylation is 1. The lowest BCUT2D eigenvalue weighted by Crippen LogP contribution is -2.35. The van der Waals surface area contributed by atoms with Gasteiger partial charge in [0.05, 0.1) is 6.54 Å². The quantitative estimate of drug-likeness (QED) is 0.763. The molecule has 150 valence electrons. The maximum Gasteiger partial charge on any atom is 0.132 e. The molecule has 1 saturated heterocycles. The van der Waals surface area contributed by atoms with Gasteiger partial charge in [-0.05, 0) is 56.1 Å². The molecule has 4 nitrogen and oxygen atoms in total. The number of halogens is 2. The van der Waals surface area contributed by atoms with Gasteiger partial charge in [0, 0.05) is 36.0 Å². The number of aliphatic imine (C=N–C) groups is 1. The Kier molecular flexibility index (Phi) is 6.92. The van der Waals surface area contributed by atoms with Crippen molar-refractivity contribution in [1.82, 2.24) is 15.1 Å². The standard InChI is InChI=1S/C22H28ClFN4/c1-4-16-14-18(20(24)15-19(16)23)17(5-2)22-26-21(8-12-27(22)3)25-9-13-28-10-6-7-11-28/h5,8,12,14-15H,2,4,6-7,9-11,13H2,1,3H3,(H,25,26)/b22-17+. The molecule has 2 aliphatic rings. The van der Waals surface area contributed by atoms with Crippen LogP contribution in [0.2, 0.25) is 5.02 Å². The molecule has 1 fully saturated rings. The van der Waals surface area contributed by atoms with Crippen LogP contribution in [0.4, 0.5) is 4.39 Å². The fourth-order valence-corrected chi connectivity index (χ4v) is 3.87. The molecule has 0 atom stereocenters. The largest absolute Gasteiger partial charge is 0.337 e. The van der Waals surface area contributed by atoms with E-state index in [2.05, 4.69) is 21.8 Å². The molecular formula is C22H28ClFN4. The zero-order valence-electron chi connectivity index (χ0n) is 16.6. The molecule has 0 radical (unpaired) electrons. The summed E-state index contributed by atoms with van der Waals surface area (Å²) in [7, 11) is 1.91. The number of nitrogens with one attached hydrogen (secondary N) is 1. The van der Waals surface area contributed by atoms with Crippen LogP contribution in [0.3, 0.4) is 0 Å². The monoisotopic (exact) mass is 402 g/mol. The van der Waals surface area contributed by atoms with Crippen LogP contribution in [0.15, 0.2) is 47.9 Å². The lowest BCUT2D eigenvalue weighted by molar-refractivity contribution is 0.349. The van der Waals surface area contributed by atoms with Crippen LogP contribution in [-0.2, 0) is 6.42 Å². The van der Waals surface area contributed by atoms with Gasteiger partial charge >= 0.3 is 0 Å². The molecule has 28 heavy (non-hydrogen) atoms. The SMILES string of the molecule is C=C/C(=C1/NC(=NCCN2CCCC2)C=CN1C)c1cc(CC)c(Cl)cc1F. The third-order valence-corrected chi connectivity index (χ3v) is 5.57. The Labute approximate surface area is 172 Å². The Morgan fingerprint density at radius 3 is 2.79 bits per heavy atom. The van der Waals surface area contributed by atoms with Gasteiger partial charge in [-0.25, -0.2) is 4.39 Å². The number of rotatable bonds is 6. The maximum absolute atomic E-state index is 14.7. The third-order valence-electron chi connectivity index (χ3n) is 5.22. The average Bonchev–Trinajstić information content (AvgIpc) is 3.19. The van der Waals surface area contributed by atoms with E-state index in [-0.39, 0.29) is 5.82 Å². The highest BCUT2D eigenvalue weighted by molar-refractivity contribution is 6.31. The van der Waals surface area contributed by atoms with Crippen molar-refractivity contribution < 1.29 is 4.39 Å². The first-order chi connectivity index (χ1) is 13.5. The second kappa shape index (κ2) is 9.39. The first-order valence-corrected chi connectivity index (χ1v) is 10.2. The van der Waals surface area contributed by atoms with Crippen LogP contribution in [0.1, 0.15) is 30.9 Å². The predicted octanol–water partition coefficient (Wildman–Crippen LogP) is 4.44. The van der Waals surface area contributed by atoms with Crippen molar-refractivity contribution in [3.05, 3.63) is 64.9 Å². The van der Waals surface area contributed by atoms with Gasteiger partial charge in [-0.2, -0.15) is 0 Å². The third kappa shape index (κ3) is 4.65. The zero-order chi connectivity index (χ0) is 20.1. The molecule has 3 rings (SSSR count). The van der Waals surface area contributed by atoms with Gasteiger partial charge in [0.15, 0.2) is 0 Å². The minimum absolute atomic E-state index is 0.359. The van der Waals surface area contributed by atoms with E-state index in [1.807, 2.05) is 31.1 Å². The number of amidine groups is 1. The van der Waals surface area contributed by atoms with Crippen LogP contribution in [0.5, 0.6) is 0 Å². The van der Waals surface area contributed by atoms with Crippen LogP contribution in [0.25, 0.3) is 5.57 Å². The number of likely N-dealkylation sites (tertiary alicyclic amines) is 1. The molecular weight excluding hydrogens is 375 g/mol. The van der Waals surface area contributed by atoms with E-state index in [0.717, 1.165) is 49.8 Å². The van der Waals surface area contributed by atoms with Gasteiger partial charge in [-0.3, -0.25) is 4.99 Å². The van der Waals surface area contributed by atoms with Crippen molar-refractivity contribution in [2.45, 2.75) is 26.2 Å². The van der Waals surface area contributed by atoms with Crippen LogP contribution < -0.4 is 5.32 Å². The number of benzene rings is 1. The lowest BCUT2D eigenvalue weighted by Gasteiger charge is -2.27. The average molecular weight is 403 g/mol. The van der Waals surface area contributed by atoms with Gasteiger partial charge in [0.1, 0.15) is 17.5 Å². The van der Waals surface area contributed by atoms with Crippen molar-refractivity contribution in [2.75, 3.05) is 33.2 Å². The van der Waals surface area contributed by atoms with Gasteiger partial charge < -0.3 is 15.1 Å². The van der Waals surface area contributed by atoms with Gasteiger partial charge in [-0.1, -0.05) is 31.2 Å². The minimum atomic E-state index is -0.359. The van der Waals surface area contributed by atoms with E-state index >= 15 is 0 Å². The Hall–Kier alpha value is -2.11. The Bertz CT molecular complexity index is 822. The van der Waals surface area contributed by atoms with Crippen molar-refractivity contribution in [1.29, 1.82) is 0 Å². The number of allylic oxidation sites excluding steroid dienone is 2. The van der Waals surface area contributed by atoms with Crippen LogP contribution in [0, 0.1) is 5.82 Å². The highest BCUT2D eigenvalue weighted by Crippen LogP contribution is 2.29. The molecule has 0 amide bonds. The molecule has 1 N–H and O–H groups in total. The molecule has 0 aromatic heterocycles. The second-order valence-electron chi connectivity index (χ2n) is 7.11. The molecule has 1 aromatic carbocycles. The number of nitrogens with zero attached hydrogens (tertiary/aromatic N) is 3. The normalized spacial score (nSPS) is 20.6. The van der Waals surface area contributed by atoms with E-state index in [0.29, 0.717) is 16.2 Å². The highest BCUT2D eigenvalue weighted by atomic mass is 35.5. The molecule has 2 aliphatic heterocycles. The predicted molar refractivity (Wildman–Crippen MR) is 116 cm³/mol. The van der Waals surface area contributed by atoms with E-state index in [4.69, 9.17) is 11.6 Å². The minimum Gasteiger partial charge on any atom is -0.337 e. The number of hydrogen-bond donors (Lipinski definition) is 1. The van der Waals surface area contributed by atoms with Crippen LogP contribution >= 0.6 is 11.6 Å². The first kappa shape index (κ1) is 20.6. The van der Waals surface area contributed by atoms with E-state index in [1.54, 1.807) is 12.1 Å². The molecule has 6 heteroatoms. The first-order valence-electron chi connectivity index (χ1n) is 9.83. The molecule has 2 heterocycles. The fraction of sp³-hybridized carbons (Fsp3) is 0.409. The maximum atomic E-state index is 14.7. The number of hydrogen-bond acceptors (Lipinski definition) is 3. The van der Waals surface area contributed by atoms with Crippen molar-refractivity contribution in [3.8, 4) is 0 Å². The molecule has 0 aliphatic carbocycles. The van der Waals surface area contributed by atoms with Crippen molar-refractivity contribution in [3.63, 3.8) is 0 Å². The smallest absolute Gasteiger partial charge is 0.132 e. The van der Waals surface area contributed by atoms with Gasteiger partial charge in [0.25, 0.3) is 0 Å². The van der Waals surface area contributed by atoms with E-state index in [1.165, 1.54) is 18.9 Å². The molecule has 0 spiro atoms. The fourth-order valence-electron chi connectivity index (χ4n) is 3.58. The zero-order valence-corrected chi connectivity index (χ0v) is 17.4. The lowest BCUT2D eigenvalue weighted by atomic mass is 10.0. The Morgan fingerprint density at radius 1 is 1.36 bits per heavy atom. The molecule has 0 bridgehead atoms. The second-order valence-corrected chi connectivity index (χ2v) is 7.52. The molecule has 0 unspecified atom stereocenters. The summed E-state index contributed by atoms with van der Waals surface area (Å²) in [6.07, 6.45) is 8.83. The molecule has 0 saturated carbocycles. The van der Waals surface area contributed by atoms with Crippen molar-refractivity contribution in [2.24, 2.45) is 4.99 Å². The topological polar surface area (TPSA) is 30.9 Å². The summed E-state index contributed by atoms with van der Waals surface area (Å²) in [5.74, 6) is 1.17. The summed E-state index contributed by atoms with van der Waals surface area (Å²) >= 11 is 6.16. The summed E-state index contributed by atoms with van der Waals surface area (Å²) in [4.78, 5) is 9.03.